The van der Waals surface area contributed by atoms with Gasteiger partial charge in [0.1, 0.15) is 11.5 Å². The Bertz CT molecular complexity index is 782. The van der Waals surface area contributed by atoms with Gasteiger partial charge in [-0.2, -0.15) is 0 Å². The molecule has 2 aromatic rings. The zero-order chi connectivity index (χ0) is 21.1. The van der Waals surface area contributed by atoms with Crippen LogP contribution in [0.5, 0.6) is 11.5 Å². The standard InChI is InChI=1S/C23H29Cl2O3P.Li/c1-3-5-7-14-27-17-12-13-21(20(16-17)28-15-8-6-4-2)29-23(26)22-18(24)10-9-11-19(22)25;/h9-13,16,29H,3-8,14-15H2,1-2H3;/q;+1. The summed E-state index contributed by atoms with van der Waals surface area (Å²) in [5.74, 6) is 1.47. The van der Waals surface area contributed by atoms with Crippen molar-refractivity contribution in [2.24, 2.45) is 0 Å². The second-order valence-electron chi connectivity index (χ2n) is 6.82. The van der Waals surface area contributed by atoms with Crippen molar-refractivity contribution in [3.63, 3.8) is 0 Å². The monoisotopic (exact) mass is 461 g/mol. The molecular formula is C23H29Cl2LiO3P+. The van der Waals surface area contributed by atoms with Crippen molar-refractivity contribution in [3.05, 3.63) is 52.0 Å². The molecule has 158 valence electrons. The average molecular weight is 462 g/mol. The number of benzene rings is 2. The second-order valence-corrected chi connectivity index (χ2v) is 8.88. The van der Waals surface area contributed by atoms with E-state index in [1.807, 2.05) is 18.2 Å². The van der Waals surface area contributed by atoms with E-state index >= 15 is 0 Å². The molecule has 0 spiro atoms. The first-order chi connectivity index (χ1) is 14.1. The summed E-state index contributed by atoms with van der Waals surface area (Å²) < 4.78 is 11.9. The normalized spacial score (nSPS) is 10.8. The SMILES string of the molecule is CCCCCOc1ccc(PC(=O)c2c(Cl)cccc2Cl)c(OCCCCC)c1.[Li+]. The summed E-state index contributed by atoms with van der Waals surface area (Å²) in [7, 11) is -0.130. The van der Waals surface area contributed by atoms with Crippen LogP contribution in [0.2, 0.25) is 10.0 Å². The minimum absolute atomic E-state index is 0. The van der Waals surface area contributed by atoms with Gasteiger partial charge in [0.15, 0.2) is 5.52 Å². The van der Waals surface area contributed by atoms with E-state index in [4.69, 9.17) is 32.7 Å². The van der Waals surface area contributed by atoms with Gasteiger partial charge in [-0.15, -0.1) is 0 Å². The van der Waals surface area contributed by atoms with Crippen LogP contribution >= 0.6 is 31.8 Å². The molecule has 0 aliphatic heterocycles. The summed E-state index contributed by atoms with van der Waals surface area (Å²) in [4.78, 5) is 12.9. The largest absolute Gasteiger partial charge is 1.00 e. The van der Waals surface area contributed by atoms with Crippen LogP contribution in [-0.2, 0) is 0 Å². The molecule has 0 bridgehead atoms. The van der Waals surface area contributed by atoms with Crippen molar-refractivity contribution in [1.29, 1.82) is 0 Å². The molecule has 2 aromatic carbocycles. The van der Waals surface area contributed by atoms with E-state index in [2.05, 4.69) is 13.8 Å². The number of halogens is 2. The summed E-state index contributed by atoms with van der Waals surface area (Å²) in [5, 5.41) is 1.58. The van der Waals surface area contributed by atoms with Crippen molar-refractivity contribution < 1.29 is 33.1 Å². The van der Waals surface area contributed by atoms with E-state index in [9.17, 15) is 4.79 Å². The van der Waals surface area contributed by atoms with Gasteiger partial charge < -0.3 is 9.47 Å². The maximum absolute atomic E-state index is 12.9. The summed E-state index contributed by atoms with van der Waals surface area (Å²) in [6.07, 6.45) is 6.54. The molecule has 0 fully saturated rings. The van der Waals surface area contributed by atoms with Gasteiger partial charge in [0.05, 0.1) is 28.8 Å². The average Bonchev–Trinajstić information content (AvgIpc) is 2.70. The van der Waals surface area contributed by atoms with Crippen LogP contribution in [0.4, 0.5) is 0 Å². The van der Waals surface area contributed by atoms with Crippen LogP contribution in [0.15, 0.2) is 36.4 Å². The number of unbranched alkanes of at least 4 members (excludes halogenated alkanes) is 4. The molecule has 0 radical (unpaired) electrons. The summed E-state index contributed by atoms with van der Waals surface area (Å²) >= 11 is 12.4. The molecule has 0 N–H and O–H groups in total. The van der Waals surface area contributed by atoms with Gasteiger partial charge in [-0.05, 0) is 45.7 Å². The molecule has 7 heteroatoms. The van der Waals surface area contributed by atoms with Crippen molar-refractivity contribution in [2.45, 2.75) is 52.4 Å². The maximum Gasteiger partial charge on any atom is 1.00 e. The molecule has 30 heavy (non-hydrogen) atoms. The Morgan fingerprint density at radius 3 is 2.10 bits per heavy atom. The van der Waals surface area contributed by atoms with E-state index < -0.39 is 0 Å². The van der Waals surface area contributed by atoms with Crippen LogP contribution < -0.4 is 33.6 Å². The zero-order valence-electron chi connectivity index (χ0n) is 18.1. The predicted octanol–water partition coefficient (Wildman–Crippen LogP) is 4.28. The van der Waals surface area contributed by atoms with Crippen LogP contribution in [0.3, 0.4) is 0 Å². The Kier molecular flexibility index (Phi) is 13.8. The van der Waals surface area contributed by atoms with Crippen molar-refractivity contribution in [1.82, 2.24) is 0 Å². The van der Waals surface area contributed by atoms with Crippen LogP contribution in [0.1, 0.15) is 62.7 Å². The molecule has 0 saturated carbocycles. The molecular weight excluding hydrogens is 433 g/mol. The van der Waals surface area contributed by atoms with Gasteiger partial charge in [0.25, 0.3) is 0 Å². The minimum Gasteiger partial charge on any atom is -0.493 e. The molecule has 0 heterocycles. The molecule has 2 rings (SSSR count). The smallest absolute Gasteiger partial charge is 0.493 e. The number of hydrogen-bond acceptors (Lipinski definition) is 3. The first-order valence-electron chi connectivity index (χ1n) is 10.2. The van der Waals surface area contributed by atoms with Gasteiger partial charge in [0.2, 0.25) is 0 Å². The van der Waals surface area contributed by atoms with Crippen molar-refractivity contribution in [2.75, 3.05) is 13.2 Å². The molecule has 0 aromatic heterocycles. The third-order valence-electron chi connectivity index (χ3n) is 4.41. The third kappa shape index (κ3) is 8.82. The maximum atomic E-state index is 12.9. The van der Waals surface area contributed by atoms with Gasteiger partial charge in [-0.1, -0.05) is 68.8 Å². The summed E-state index contributed by atoms with van der Waals surface area (Å²) in [6, 6.07) is 10.8. The van der Waals surface area contributed by atoms with Crippen LogP contribution in [0.25, 0.3) is 0 Å². The Morgan fingerprint density at radius 2 is 1.50 bits per heavy atom. The van der Waals surface area contributed by atoms with Crippen LogP contribution in [0, 0.1) is 0 Å². The molecule has 3 nitrogen and oxygen atoms in total. The third-order valence-corrected chi connectivity index (χ3v) is 6.20. The molecule has 0 saturated heterocycles. The minimum atomic E-state index is -0.130. The molecule has 0 aliphatic rings. The van der Waals surface area contributed by atoms with Gasteiger partial charge in [-0.25, -0.2) is 0 Å². The first-order valence-corrected chi connectivity index (χ1v) is 12.0. The van der Waals surface area contributed by atoms with Gasteiger partial charge in [-0.3, -0.25) is 4.79 Å². The second kappa shape index (κ2) is 15.2. The first kappa shape index (κ1) is 27.4. The topological polar surface area (TPSA) is 35.5 Å². The number of hydrogen-bond donors (Lipinski definition) is 0. The summed E-state index contributed by atoms with van der Waals surface area (Å²) in [6.45, 7) is 5.62. The molecule has 1 atom stereocenters. The fourth-order valence-corrected chi connectivity index (χ4v) is 4.59. The van der Waals surface area contributed by atoms with E-state index in [0.717, 1.165) is 49.6 Å². The van der Waals surface area contributed by atoms with Gasteiger partial charge >= 0.3 is 18.9 Å². The fraction of sp³-hybridized carbons (Fsp3) is 0.435. The zero-order valence-corrected chi connectivity index (χ0v) is 20.6. The van der Waals surface area contributed by atoms with Crippen LogP contribution in [-0.4, -0.2) is 18.7 Å². The Labute approximate surface area is 204 Å². The number of carbonyl (C=O) groups excluding carboxylic acids is 1. The Balaban J connectivity index is 0.00000450. The van der Waals surface area contributed by atoms with Crippen molar-refractivity contribution in [3.8, 4) is 11.5 Å². The number of carbonyl (C=O) groups is 1. The molecule has 1 unspecified atom stereocenters. The van der Waals surface area contributed by atoms with E-state index in [0.29, 0.717) is 34.6 Å². The quantitative estimate of drug-likeness (QED) is 0.253. The molecule has 0 aliphatic carbocycles. The Morgan fingerprint density at radius 1 is 0.900 bits per heavy atom. The Hall–Kier alpha value is -0.683. The van der Waals surface area contributed by atoms with Gasteiger partial charge in [0, 0.05) is 11.4 Å². The van der Waals surface area contributed by atoms with E-state index in [-0.39, 0.29) is 33.0 Å². The predicted molar refractivity (Wildman–Crippen MR) is 125 cm³/mol. The fourth-order valence-electron chi connectivity index (χ4n) is 2.79. The number of rotatable bonds is 13. The van der Waals surface area contributed by atoms with Crippen molar-refractivity contribution >= 4 is 42.6 Å². The summed E-state index contributed by atoms with van der Waals surface area (Å²) in [5.41, 5.74) is 0.265. The van der Waals surface area contributed by atoms with E-state index in [1.165, 1.54) is 0 Å². The molecule has 0 amide bonds. The number of ether oxygens (including phenoxy) is 2. The van der Waals surface area contributed by atoms with E-state index in [1.54, 1.807) is 18.2 Å².